The first-order valence-electron chi connectivity index (χ1n) is 6.61. The summed E-state index contributed by atoms with van der Waals surface area (Å²) in [6.07, 6.45) is 3.31. The van der Waals surface area contributed by atoms with Crippen molar-refractivity contribution in [3.8, 4) is 0 Å². The molecule has 0 saturated carbocycles. The van der Waals surface area contributed by atoms with E-state index in [-0.39, 0.29) is 5.82 Å². The van der Waals surface area contributed by atoms with Gasteiger partial charge in [0.1, 0.15) is 5.82 Å². The van der Waals surface area contributed by atoms with E-state index < -0.39 is 0 Å². The highest BCUT2D eigenvalue weighted by atomic mass is 19.1. The summed E-state index contributed by atoms with van der Waals surface area (Å²) in [7, 11) is 0. The molecule has 0 heterocycles. The van der Waals surface area contributed by atoms with Gasteiger partial charge in [0.15, 0.2) is 0 Å². The maximum Gasteiger partial charge on any atom is 0.123 e. The summed E-state index contributed by atoms with van der Waals surface area (Å²) in [6.45, 7) is 4.32. The van der Waals surface area contributed by atoms with Gasteiger partial charge in [-0.15, -0.1) is 6.58 Å². The first kappa shape index (κ1) is 14.9. The Kier molecular flexibility index (Phi) is 5.67. The van der Waals surface area contributed by atoms with Crippen molar-refractivity contribution in [1.82, 2.24) is 0 Å². The van der Waals surface area contributed by atoms with E-state index in [0.29, 0.717) is 13.2 Å². The number of nitrogens with one attached hydrogen (secondary N) is 1. The third-order valence-electron chi connectivity index (χ3n) is 2.77. The zero-order valence-corrected chi connectivity index (χ0v) is 11.6. The molecular weight excluding hydrogens is 267 g/mol. The number of hydrazone groups is 1. The van der Waals surface area contributed by atoms with Crippen molar-refractivity contribution < 1.29 is 9.13 Å². The van der Waals surface area contributed by atoms with Gasteiger partial charge >= 0.3 is 0 Å². The van der Waals surface area contributed by atoms with E-state index >= 15 is 0 Å². The number of benzene rings is 2. The topological polar surface area (TPSA) is 33.6 Å². The van der Waals surface area contributed by atoms with E-state index in [1.807, 2.05) is 30.3 Å². The van der Waals surface area contributed by atoms with Gasteiger partial charge in [0.2, 0.25) is 0 Å². The first-order chi connectivity index (χ1) is 10.3. The molecule has 1 N–H and O–H groups in total. The first-order valence-corrected chi connectivity index (χ1v) is 6.61. The molecule has 0 atom stereocenters. The fraction of sp³-hybridized carbons (Fsp3) is 0.118. The van der Waals surface area contributed by atoms with E-state index in [1.54, 1.807) is 18.4 Å². The van der Waals surface area contributed by atoms with Gasteiger partial charge in [0.05, 0.1) is 25.1 Å². The van der Waals surface area contributed by atoms with Crippen LogP contribution in [0.2, 0.25) is 0 Å². The molecule has 0 aliphatic heterocycles. The third-order valence-corrected chi connectivity index (χ3v) is 2.77. The lowest BCUT2D eigenvalue weighted by Gasteiger charge is -2.06. The molecule has 0 spiro atoms. The molecule has 0 aliphatic carbocycles. The van der Waals surface area contributed by atoms with E-state index in [4.69, 9.17) is 4.74 Å². The fourth-order valence-electron chi connectivity index (χ4n) is 1.77. The van der Waals surface area contributed by atoms with Crippen LogP contribution in [0.25, 0.3) is 0 Å². The quantitative estimate of drug-likeness (QED) is 0.361. The van der Waals surface area contributed by atoms with Crippen molar-refractivity contribution in [3.05, 3.63) is 78.1 Å². The summed E-state index contributed by atoms with van der Waals surface area (Å²) in [5.74, 6) is -0.291. The Labute approximate surface area is 123 Å². The Morgan fingerprint density at radius 2 is 2.00 bits per heavy atom. The molecule has 3 nitrogen and oxygen atoms in total. The molecule has 0 aliphatic rings. The number of halogens is 1. The van der Waals surface area contributed by atoms with Crippen LogP contribution >= 0.6 is 0 Å². The number of nitrogens with zero attached hydrogens (tertiary/aromatic N) is 1. The molecule has 2 aromatic carbocycles. The lowest BCUT2D eigenvalue weighted by molar-refractivity contribution is 0.148. The number of hydrogen-bond acceptors (Lipinski definition) is 3. The summed E-state index contributed by atoms with van der Waals surface area (Å²) in [5, 5.41) is 4.16. The molecule has 0 unspecified atom stereocenters. The van der Waals surface area contributed by atoms with Gasteiger partial charge < -0.3 is 4.74 Å². The molecule has 21 heavy (non-hydrogen) atoms. The highest BCUT2D eigenvalue weighted by molar-refractivity contribution is 5.82. The zero-order valence-electron chi connectivity index (χ0n) is 11.6. The number of rotatable bonds is 7. The summed E-state index contributed by atoms with van der Waals surface area (Å²) >= 11 is 0. The van der Waals surface area contributed by atoms with E-state index in [1.165, 1.54) is 12.1 Å². The number of ether oxygens (including phenoxy) is 1. The third kappa shape index (κ3) is 4.85. The van der Waals surface area contributed by atoms with Crippen LogP contribution in [-0.4, -0.2) is 12.8 Å². The summed E-state index contributed by atoms with van der Waals surface area (Å²) < 4.78 is 18.7. The van der Waals surface area contributed by atoms with Crippen LogP contribution in [0, 0.1) is 5.82 Å². The average Bonchev–Trinajstić information content (AvgIpc) is 2.51. The molecule has 0 aromatic heterocycles. The maximum absolute atomic E-state index is 13.3. The molecule has 0 bridgehead atoms. The van der Waals surface area contributed by atoms with Gasteiger partial charge in [0.25, 0.3) is 0 Å². The summed E-state index contributed by atoms with van der Waals surface area (Å²) in [4.78, 5) is 0. The normalized spacial score (nSPS) is 10.7. The largest absolute Gasteiger partial charge is 0.373 e. The van der Waals surface area contributed by atoms with Crippen molar-refractivity contribution in [1.29, 1.82) is 0 Å². The predicted molar refractivity (Wildman–Crippen MR) is 83.9 cm³/mol. The van der Waals surface area contributed by atoms with Crippen LogP contribution in [0.1, 0.15) is 11.1 Å². The molecule has 4 heteroatoms. The second-order valence-corrected chi connectivity index (χ2v) is 4.38. The minimum Gasteiger partial charge on any atom is -0.373 e. The Hall–Kier alpha value is -2.46. The van der Waals surface area contributed by atoms with Gasteiger partial charge in [0, 0.05) is 5.56 Å². The minimum absolute atomic E-state index is 0.291. The molecule has 0 amide bonds. The van der Waals surface area contributed by atoms with E-state index in [9.17, 15) is 4.39 Å². The Bertz CT molecular complexity index is 611. The SMILES string of the molecule is C=CCOCc1cc(F)ccc1C=NNc1ccccc1. The van der Waals surface area contributed by atoms with Crippen LogP contribution in [0.15, 0.2) is 66.3 Å². The van der Waals surface area contributed by atoms with Gasteiger partial charge in [-0.1, -0.05) is 30.3 Å². The molecule has 2 aromatic rings. The monoisotopic (exact) mass is 284 g/mol. The van der Waals surface area contributed by atoms with Crippen molar-refractivity contribution in [2.24, 2.45) is 5.10 Å². The second-order valence-electron chi connectivity index (χ2n) is 4.38. The molecule has 0 fully saturated rings. The lowest BCUT2D eigenvalue weighted by Crippen LogP contribution is -2.00. The van der Waals surface area contributed by atoms with Crippen molar-refractivity contribution in [2.45, 2.75) is 6.61 Å². The highest BCUT2D eigenvalue weighted by Crippen LogP contribution is 2.12. The zero-order chi connectivity index (χ0) is 14.9. The standard InChI is InChI=1S/C17H17FN2O/c1-2-10-21-13-15-11-16(18)9-8-14(15)12-19-20-17-6-4-3-5-7-17/h2-9,11-12,20H,1,10,13H2. The van der Waals surface area contributed by atoms with Crippen LogP contribution in [0.4, 0.5) is 10.1 Å². The molecule has 108 valence electrons. The summed E-state index contributed by atoms with van der Waals surface area (Å²) in [6, 6.07) is 14.1. The maximum atomic E-state index is 13.3. The second kappa shape index (κ2) is 7.97. The molecular formula is C17H17FN2O. The number of para-hydroxylation sites is 1. The van der Waals surface area contributed by atoms with E-state index in [2.05, 4.69) is 17.1 Å². The number of anilines is 1. The van der Waals surface area contributed by atoms with Gasteiger partial charge in [-0.3, -0.25) is 5.43 Å². The van der Waals surface area contributed by atoms with Gasteiger partial charge in [-0.2, -0.15) is 5.10 Å². The molecule has 0 saturated heterocycles. The minimum atomic E-state index is -0.291. The van der Waals surface area contributed by atoms with Crippen molar-refractivity contribution >= 4 is 11.9 Å². The summed E-state index contributed by atoms with van der Waals surface area (Å²) in [5.41, 5.74) is 5.37. The van der Waals surface area contributed by atoms with Gasteiger partial charge in [-0.25, -0.2) is 4.39 Å². The van der Waals surface area contributed by atoms with Crippen LogP contribution in [0.3, 0.4) is 0 Å². The lowest BCUT2D eigenvalue weighted by atomic mass is 10.1. The molecule has 2 rings (SSSR count). The van der Waals surface area contributed by atoms with Crippen molar-refractivity contribution in [2.75, 3.05) is 12.0 Å². The Balaban J connectivity index is 2.05. The smallest absolute Gasteiger partial charge is 0.123 e. The highest BCUT2D eigenvalue weighted by Gasteiger charge is 2.02. The van der Waals surface area contributed by atoms with Crippen molar-refractivity contribution in [3.63, 3.8) is 0 Å². The van der Waals surface area contributed by atoms with Crippen LogP contribution in [0.5, 0.6) is 0 Å². The average molecular weight is 284 g/mol. The fourth-order valence-corrected chi connectivity index (χ4v) is 1.77. The van der Waals surface area contributed by atoms with Crippen LogP contribution < -0.4 is 5.43 Å². The molecule has 0 radical (unpaired) electrons. The Morgan fingerprint density at radius 3 is 2.76 bits per heavy atom. The van der Waals surface area contributed by atoms with E-state index in [0.717, 1.165) is 16.8 Å². The Morgan fingerprint density at radius 1 is 1.19 bits per heavy atom. The number of hydrogen-bond donors (Lipinski definition) is 1. The van der Waals surface area contributed by atoms with Crippen LogP contribution in [-0.2, 0) is 11.3 Å². The van der Waals surface area contributed by atoms with Gasteiger partial charge in [-0.05, 0) is 29.8 Å². The predicted octanol–water partition coefficient (Wildman–Crippen LogP) is 3.97.